The minimum atomic E-state index is -4.79. The highest BCUT2D eigenvalue weighted by Crippen LogP contribution is 2.43. The predicted molar refractivity (Wildman–Crippen MR) is 75.9 cm³/mol. The molecule has 0 unspecified atom stereocenters. The van der Waals surface area contributed by atoms with E-state index < -0.39 is 22.5 Å². The zero-order chi connectivity index (χ0) is 18.1. The molecule has 0 aliphatic carbocycles. The molecule has 0 atom stereocenters. The van der Waals surface area contributed by atoms with Crippen molar-refractivity contribution in [1.82, 2.24) is 4.98 Å². The molecule has 0 saturated heterocycles. The third kappa shape index (κ3) is 2.87. The van der Waals surface area contributed by atoms with Gasteiger partial charge in [0.2, 0.25) is 5.75 Å². The van der Waals surface area contributed by atoms with E-state index in [2.05, 4.69) is 10.1 Å². The number of aromatic nitrogens is 1. The van der Waals surface area contributed by atoms with Crippen LogP contribution in [0.1, 0.15) is 11.3 Å². The van der Waals surface area contributed by atoms with E-state index >= 15 is 0 Å². The molecule has 0 bridgehead atoms. The van der Waals surface area contributed by atoms with E-state index in [4.69, 9.17) is 14.7 Å². The Balaban J connectivity index is 3.06. The Labute approximate surface area is 132 Å². The molecule has 2 rings (SSSR count). The van der Waals surface area contributed by atoms with Gasteiger partial charge in [-0.3, -0.25) is 10.1 Å². The molecular formula is C13H10F3N3O5. The van der Waals surface area contributed by atoms with Gasteiger partial charge >= 0.3 is 11.9 Å². The van der Waals surface area contributed by atoms with Crippen molar-refractivity contribution in [2.24, 2.45) is 5.16 Å². The number of pyridine rings is 1. The summed E-state index contributed by atoms with van der Waals surface area (Å²) in [4.78, 5) is 13.9. The van der Waals surface area contributed by atoms with Gasteiger partial charge in [0.25, 0.3) is 0 Å². The standard InChI is InChI=1S/C13H10F3N3O5/c1-23-8-4-7(19(21)22)12(24-2)10-6(5-17-20)3-9(13(14,15)16)18-11(8)10/h3-5,20H,1-2H3/b17-5-. The lowest BCUT2D eigenvalue weighted by molar-refractivity contribution is -0.385. The molecule has 0 amide bonds. The number of alkyl halides is 3. The third-order valence-electron chi connectivity index (χ3n) is 3.12. The number of nitro benzene ring substituents is 1. The van der Waals surface area contributed by atoms with E-state index in [1.807, 2.05) is 0 Å². The van der Waals surface area contributed by atoms with Crippen LogP contribution < -0.4 is 9.47 Å². The summed E-state index contributed by atoms with van der Waals surface area (Å²) < 4.78 is 48.9. The van der Waals surface area contributed by atoms with Gasteiger partial charge in [-0.25, -0.2) is 4.98 Å². The molecule has 0 radical (unpaired) electrons. The van der Waals surface area contributed by atoms with Crippen molar-refractivity contribution in [2.75, 3.05) is 14.2 Å². The molecule has 24 heavy (non-hydrogen) atoms. The highest BCUT2D eigenvalue weighted by Gasteiger charge is 2.35. The van der Waals surface area contributed by atoms with E-state index in [0.29, 0.717) is 12.3 Å². The predicted octanol–water partition coefficient (Wildman–Crippen LogP) is 2.99. The fourth-order valence-electron chi connectivity index (χ4n) is 2.17. The second kappa shape index (κ2) is 6.18. The van der Waals surface area contributed by atoms with Crippen LogP contribution in [-0.2, 0) is 6.18 Å². The Kier molecular flexibility index (Phi) is 4.44. The highest BCUT2D eigenvalue weighted by molar-refractivity contribution is 6.05. The first kappa shape index (κ1) is 17.2. The Hall–Kier alpha value is -3.11. The molecular weight excluding hydrogens is 335 g/mol. The monoisotopic (exact) mass is 345 g/mol. The summed E-state index contributed by atoms with van der Waals surface area (Å²) in [6, 6.07) is 1.50. The van der Waals surface area contributed by atoms with Gasteiger partial charge in [-0.05, 0) is 6.07 Å². The summed E-state index contributed by atoms with van der Waals surface area (Å²) in [6.45, 7) is 0. The van der Waals surface area contributed by atoms with E-state index in [1.54, 1.807) is 0 Å². The van der Waals surface area contributed by atoms with E-state index in [9.17, 15) is 23.3 Å². The first-order valence-electron chi connectivity index (χ1n) is 6.23. The number of oxime groups is 1. The Morgan fingerprint density at radius 3 is 2.46 bits per heavy atom. The number of nitro groups is 1. The van der Waals surface area contributed by atoms with Crippen LogP contribution in [0.15, 0.2) is 17.3 Å². The maximum Gasteiger partial charge on any atom is 0.433 e. The third-order valence-corrected chi connectivity index (χ3v) is 3.12. The van der Waals surface area contributed by atoms with Crippen molar-refractivity contribution >= 4 is 22.8 Å². The Morgan fingerprint density at radius 2 is 2.00 bits per heavy atom. The summed E-state index contributed by atoms with van der Waals surface area (Å²) >= 11 is 0. The lowest BCUT2D eigenvalue weighted by Gasteiger charge is -2.14. The number of hydrogen-bond acceptors (Lipinski definition) is 7. The van der Waals surface area contributed by atoms with Crippen LogP contribution in [0.4, 0.5) is 18.9 Å². The number of rotatable bonds is 4. The van der Waals surface area contributed by atoms with E-state index in [0.717, 1.165) is 20.3 Å². The number of hydrogen-bond donors (Lipinski definition) is 1. The number of benzene rings is 1. The van der Waals surface area contributed by atoms with Gasteiger partial charge in [0, 0.05) is 5.56 Å². The normalized spacial score (nSPS) is 11.9. The van der Waals surface area contributed by atoms with Crippen LogP contribution in [0.5, 0.6) is 11.5 Å². The minimum Gasteiger partial charge on any atom is -0.494 e. The van der Waals surface area contributed by atoms with Crippen LogP contribution in [-0.4, -0.2) is 35.5 Å². The second-order valence-electron chi connectivity index (χ2n) is 4.45. The molecule has 128 valence electrons. The molecule has 0 aliphatic heterocycles. The van der Waals surface area contributed by atoms with Crippen molar-refractivity contribution in [3.05, 3.63) is 33.5 Å². The maximum atomic E-state index is 13.0. The largest absolute Gasteiger partial charge is 0.494 e. The molecule has 1 aromatic carbocycles. The quantitative estimate of drug-likeness (QED) is 0.395. The number of halogens is 3. The molecule has 8 nitrogen and oxygen atoms in total. The van der Waals surface area contributed by atoms with Crippen molar-refractivity contribution in [1.29, 1.82) is 0 Å². The number of nitrogens with zero attached hydrogens (tertiary/aromatic N) is 3. The molecule has 1 N–H and O–H groups in total. The average molecular weight is 345 g/mol. The van der Waals surface area contributed by atoms with Gasteiger partial charge in [-0.1, -0.05) is 5.16 Å². The van der Waals surface area contributed by atoms with Crippen LogP contribution in [0.2, 0.25) is 0 Å². The first-order valence-corrected chi connectivity index (χ1v) is 6.23. The zero-order valence-corrected chi connectivity index (χ0v) is 12.3. The summed E-state index contributed by atoms with van der Waals surface area (Å²) in [5.41, 5.74) is -2.39. The van der Waals surface area contributed by atoms with Gasteiger partial charge in [0.1, 0.15) is 11.2 Å². The topological polar surface area (TPSA) is 107 Å². The molecule has 2 aromatic rings. The first-order chi connectivity index (χ1) is 11.2. The fraction of sp³-hybridized carbons (Fsp3) is 0.231. The van der Waals surface area contributed by atoms with Crippen LogP contribution in [0.3, 0.4) is 0 Å². The summed E-state index contributed by atoms with van der Waals surface area (Å²) in [5, 5.41) is 22.4. The van der Waals surface area contributed by atoms with Gasteiger partial charge in [0.05, 0.1) is 36.8 Å². The lowest BCUT2D eigenvalue weighted by atomic mass is 10.0. The summed E-state index contributed by atoms with van der Waals surface area (Å²) in [6.07, 6.45) is -4.09. The van der Waals surface area contributed by atoms with Crippen LogP contribution in [0.25, 0.3) is 10.9 Å². The molecule has 11 heteroatoms. The molecule has 1 aromatic heterocycles. The Bertz CT molecular complexity index is 836. The van der Waals surface area contributed by atoms with Gasteiger partial charge < -0.3 is 14.7 Å². The minimum absolute atomic E-state index is 0.144. The van der Waals surface area contributed by atoms with E-state index in [1.165, 1.54) is 0 Å². The second-order valence-corrected chi connectivity index (χ2v) is 4.45. The summed E-state index contributed by atoms with van der Waals surface area (Å²) in [5.74, 6) is -0.580. The van der Waals surface area contributed by atoms with Crippen LogP contribution >= 0.6 is 0 Å². The van der Waals surface area contributed by atoms with Crippen molar-refractivity contribution in [3.63, 3.8) is 0 Å². The highest BCUT2D eigenvalue weighted by atomic mass is 19.4. The van der Waals surface area contributed by atoms with E-state index in [-0.39, 0.29) is 28.0 Å². The molecule has 1 heterocycles. The molecule has 0 spiro atoms. The van der Waals surface area contributed by atoms with Crippen molar-refractivity contribution < 1.29 is 32.8 Å². The van der Waals surface area contributed by atoms with Gasteiger partial charge in [-0.2, -0.15) is 13.2 Å². The van der Waals surface area contributed by atoms with Gasteiger partial charge in [0.15, 0.2) is 5.75 Å². The molecule has 0 fully saturated rings. The number of methoxy groups -OCH3 is 2. The Morgan fingerprint density at radius 1 is 1.33 bits per heavy atom. The lowest BCUT2D eigenvalue weighted by Crippen LogP contribution is -2.10. The molecule has 0 saturated carbocycles. The fourth-order valence-corrected chi connectivity index (χ4v) is 2.17. The average Bonchev–Trinajstić information content (AvgIpc) is 2.52. The molecule has 0 aliphatic rings. The zero-order valence-electron chi connectivity index (χ0n) is 12.3. The van der Waals surface area contributed by atoms with Crippen molar-refractivity contribution in [3.8, 4) is 11.5 Å². The van der Waals surface area contributed by atoms with Gasteiger partial charge in [-0.15, -0.1) is 0 Å². The SMILES string of the molecule is COc1cc([N+](=O)[O-])c(OC)c2c(/C=N\O)cc(C(F)(F)F)nc12. The number of fused-ring (bicyclic) bond motifs is 1. The smallest absolute Gasteiger partial charge is 0.433 e. The van der Waals surface area contributed by atoms with Crippen molar-refractivity contribution in [2.45, 2.75) is 6.18 Å². The van der Waals surface area contributed by atoms with Crippen LogP contribution in [0, 0.1) is 10.1 Å². The number of ether oxygens (including phenoxy) is 2. The maximum absolute atomic E-state index is 13.0. The summed E-state index contributed by atoms with van der Waals surface area (Å²) in [7, 11) is 2.25.